The summed E-state index contributed by atoms with van der Waals surface area (Å²) >= 11 is 5.99. The maximum Gasteiger partial charge on any atom is 0.291 e. The van der Waals surface area contributed by atoms with Crippen molar-refractivity contribution in [3.8, 4) is 0 Å². The molecule has 0 atom stereocenters. The first-order valence-electron chi connectivity index (χ1n) is 7.31. The summed E-state index contributed by atoms with van der Waals surface area (Å²) < 4.78 is 5.64. The van der Waals surface area contributed by atoms with E-state index in [0.717, 1.165) is 10.9 Å². The van der Waals surface area contributed by atoms with Crippen molar-refractivity contribution in [1.29, 1.82) is 0 Å². The fraction of sp³-hybridized carbons (Fsp3) is 0.111. The van der Waals surface area contributed by atoms with Crippen molar-refractivity contribution < 1.29 is 14.0 Å². The molecule has 2 N–H and O–H groups in total. The molecule has 3 aromatic rings. The number of carbonyl (C=O) groups is 2. The number of nitrogens with one attached hydrogen (secondary N) is 2. The lowest BCUT2D eigenvalue weighted by atomic mass is 10.1. The Hall–Kier alpha value is -2.79. The van der Waals surface area contributed by atoms with Crippen molar-refractivity contribution in [2.24, 2.45) is 0 Å². The minimum atomic E-state index is -0.361. The van der Waals surface area contributed by atoms with Crippen molar-refractivity contribution in [3.05, 3.63) is 58.8 Å². The third-order valence-electron chi connectivity index (χ3n) is 3.55. The largest absolute Gasteiger partial charge is 0.451 e. The summed E-state index contributed by atoms with van der Waals surface area (Å²) in [6.07, 6.45) is 0. The summed E-state index contributed by atoms with van der Waals surface area (Å²) in [5.74, 6) is -0.305. The smallest absolute Gasteiger partial charge is 0.291 e. The average molecular weight is 343 g/mol. The lowest BCUT2D eigenvalue weighted by molar-refractivity contribution is -0.114. The van der Waals surface area contributed by atoms with Gasteiger partial charge in [0.1, 0.15) is 5.58 Å². The molecule has 0 aliphatic carbocycles. The third kappa shape index (κ3) is 3.26. The second-order valence-electron chi connectivity index (χ2n) is 5.41. The predicted molar refractivity (Wildman–Crippen MR) is 94.7 cm³/mol. The van der Waals surface area contributed by atoms with Crippen LogP contribution in [-0.4, -0.2) is 11.8 Å². The Bertz CT molecular complexity index is 947. The summed E-state index contributed by atoms with van der Waals surface area (Å²) in [5.41, 5.74) is 2.50. The van der Waals surface area contributed by atoms with Gasteiger partial charge >= 0.3 is 0 Å². The molecule has 5 nitrogen and oxygen atoms in total. The normalized spacial score (nSPS) is 10.6. The molecule has 0 aliphatic heterocycles. The van der Waals surface area contributed by atoms with Crippen molar-refractivity contribution in [1.82, 2.24) is 0 Å². The van der Waals surface area contributed by atoms with Gasteiger partial charge < -0.3 is 15.1 Å². The van der Waals surface area contributed by atoms with E-state index >= 15 is 0 Å². The molecule has 1 heterocycles. The van der Waals surface area contributed by atoms with Crippen LogP contribution in [0.1, 0.15) is 23.0 Å². The molecule has 1 aromatic heterocycles. The van der Waals surface area contributed by atoms with E-state index in [4.69, 9.17) is 16.0 Å². The lowest BCUT2D eigenvalue weighted by Crippen LogP contribution is -2.12. The summed E-state index contributed by atoms with van der Waals surface area (Å²) in [7, 11) is 0. The van der Waals surface area contributed by atoms with Gasteiger partial charge in [0.05, 0.1) is 0 Å². The Morgan fingerprint density at radius 1 is 1.04 bits per heavy atom. The van der Waals surface area contributed by atoms with Crippen molar-refractivity contribution in [2.45, 2.75) is 13.8 Å². The van der Waals surface area contributed by atoms with E-state index in [1.54, 1.807) is 42.5 Å². The van der Waals surface area contributed by atoms with Crippen molar-refractivity contribution in [3.63, 3.8) is 0 Å². The van der Waals surface area contributed by atoms with Crippen LogP contribution in [-0.2, 0) is 4.79 Å². The van der Waals surface area contributed by atoms with E-state index in [-0.39, 0.29) is 17.6 Å². The topological polar surface area (TPSA) is 71.3 Å². The quantitative estimate of drug-likeness (QED) is 0.730. The average Bonchev–Trinajstić information content (AvgIpc) is 2.84. The molecule has 0 spiro atoms. The summed E-state index contributed by atoms with van der Waals surface area (Å²) in [6, 6.07) is 12.1. The predicted octanol–water partition coefficient (Wildman–Crippen LogP) is 4.61. The fourth-order valence-electron chi connectivity index (χ4n) is 2.48. The van der Waals surface area contributed by atoms with Crippen LogP contribution in [0.5, 0.6) is 0 Å². The van der Waals surface area contributed by atoms with Crippen molar-refractivity contribution in [2.75, 3.05) is 10.6 Å². The molecule has 122 valence electrons. The third-order valence-corrected chi connectivity index (χ3v) is 3.78. The van der Waals surface area contributed by atoms with E-state index in [1.165, 1.54) is 6.92 Å². The van der Waals surface area contributed by atoms with Crippen LogP contribution in [0.2, 0.25) is 5.02 Å². The Morgan fingerprint density at radius 3 is 2.46 bits per heavy atom. The van der Waals surface area contributed by atoms with E-state index < -0.39 is 0 Å². The molecule has 3 rings (SSSR count). The van der Waals surface area contributed by atoms with Crippen molar-refractivity contribution >= 4 is 45.8 Å². The summed E-state index contributed by atoms with van der Waals surface area (Å²) in [5, 5.41) is 6.83. The van der Waals surface area contributed by atoms with E-state index in [0.29, 0.717) is 22.0 Å². The zero-order valence-electron chi connectivity index (χ0n) is 13.1. The molecular formula is C18H15ClN2O3. The molecule has 0 radical (unpaired) electrons. The number of carbonyl (C=O) groups excluding carboxylic acids is 2. The minimum absolute atomic E-state index is 0.177. The summed E-state index contributed by atoms with van der Waals surface area (Å²) in [4.78, 5) is 23.6. The van der Waals surface area contributed by atoms with Gasteiger partial charge in [0.2, 0.25) is 5.91 Å². The van der Waals surface area contributed by atoms with Gasteiger partial charge in [0, 0.05) is 34.3 Å². The maximum absolute atomic E-state index is 12.5. The molecule has 2 aromatic carbocycles. The second-order valence-corrected chi connectivity index (χ2v) is 5.85. The van der Waals surface area contributed by atoms with Crippen LogP contribution < -0.4 is 10.6 Å². The molecule has 0 saturated carbocycles. The van der Waals surface area contributed by atoms with Crippen LogP contribution in [0.15, 0.2) is 46.9 Å². The number of benzene rings is 2. The van der Waals surface area contributed by atoms with Crippen LogP contribution in [0.25, 0.3) is 11.0 Å². The summed E-state index contributed by atoms with van der Waals surface area (Å²) in [6.45, 7) is 3.24. The fourth-order valence-corrected chi connectivity index (χ4v) is 2.65. The first-order chi connectivity index (χ1) is 11.4. The van der Waals surface area contributed by atoms with Crippen LogP contribution >= 0.6 is 11.6 Å². The molecule has 6 heteroatoms. The second kappa shape index (κ2) is 6.37. The van der Waals surface area contributed by atoms with E-state index in [1.807, 2.05) is 6.92 Å². The molecule has 0 saturated heterocycles. The number of anilines is 2. The molecule has 2 amide bonds. The highest BCUT2D eigenvalue weighted by Crippen LogP contribution is 2.28. The number of hydrogen-bond donors (Lipinski definition) is 2. The number of rotatable bonds is 3. The number of fused-ring (bicyclic) bond motifs is 1. The number of amides is 2. The molecule has 0 aliphatic rings. The standard InChI is InChI=1S/C18H15ClN2O3/c1-10-15-8-12(19)6-7-16(15)24-17(10)18(23)21-14-5-3-4-13(9-14)20-11(2)22/h3-9H,1-2H3,(H,20,22)(H,21,23). The van der Waals surface area contributed by atoms with Gasteiger partial charge in [-0.2, -0.15) is 0 Å². The SMILES string of the molecule is CC(=O)Nc1cccc(NC(=O)c2oc3ccc(Cl)cc3c2C)c1. The Labute approximate surface area is 143 Å². The number of aryl methyl sites for hydroxylation is 1. The van der Waals surface area contributed by atoms with Crippen LogP contribution in [0.4, 0.5) is 11.4 Å². The Balaban J connectivity index is 1.87. The van der Waals surface area contributed by atoms with Gasteiger partial charge in [0.15, 0.2) is 5.76 Å². The van der Waals surface area contributed by atoms with Gasteiger partial charge in [-0.25, -0.2) is 0 Å². The van der Waals surface area contributed by atoms with E-state index in [9.17, 15) is 9.59 Å². The van der Waals surface area contributed by atoms with Gasteiger partial charge in [-0.1, -0.05) is 17.7 Å². The molecule has 0 fully saturated rings. The maximum atomic E-state index is 12.5. The van der Waals surface area contributed by atoms with Gasteiger partial charge in [-0.15, -0.1) is 0 Å². The molecule has 24 heavy (non-hydrogen) atoms. The van der Waals surface area contributed by atoms with Gasteiger partial charge in [-0.05, 0) is 43.3 Å². The lowest BCUT2D eigenvalue weighted by Gasteiger charge is -2.07. The Morgan fingerprint density at radius 2 is 1.75 bits per heavy atom. The molecule has 0 bridgehead atoms. The minimum Gasteiger partial charge on any atom is -0.451 e. The first kappa shape index (κ1) is 16.1. The van der Waals surface area contributed by atoms with Crippen LogP contribution in [0, 0.1) is 6.92 Å². The number of halogens is 1. The molecule has 0 unspecified atom stereocenters. The van der Waals surface area contributed by atoms with E-state index in [2.05, 4.69) is 10.6 Å². The Kier molecular flexibility index (Phi) is 4.27. The monoisotopic (exact) mass is 342 g/mol. The zero-order chi connectivity index (χ0) is 17.3. The molecular weight excluding hydrogens is 328 g/mol. The number of furan rings is 1. The van der Waals surface area contributed by atoms with Gasteiger partial charge in [-0.3, -0.25) is 9.59 Å². The highest BCUT2D eigenvalue weighted by molar-refractivity contribution is 6.31. The highest BCUT2D eigenvalue weighted by atomic mass is 35.5. The number of hydrogen-bond acceptors (Lipinski definition) is 3. The van der Waals surface area contributed by atoms with Crippen LogP contribution in [0.3, 0.4) is 0 Å². The van der Waals surface area contributed by atoms with Gasteiger partial charge in [0.25, 0.3) is 5.91 Å². The zero-order valence-corrected chi connectivity index (χ0v) is 13.9. The highest BCUT2D eigenvalue weighted by Gasteiger charge is 2.18. The first-order valence-corrected chi connectivity index (χ1v) is 7.69.